The normalized spacial score (nSPS) is 17.7. The first-order valence-electron chi connectivity index (χ1n) is 6.30. The van der Waals surface area contributed by atoms with Crippen molar-refractivity contribution in [3.05, 3.63) is 35.6 Å². The lowest BCUT2D eigenvalue weighted by Crippen LogP contribution is -2.49. The van der Waals surface area contributed by atoms with Crippen molar-refractivity contribution < 1.29 is 14.3 Å². The van der Waals surface area contributed by atoms with Crippen LogP contribution in [0.2, 0.25) is 0 Å². The van der Waals surface area contributed by atoms with Gasteiger partial charge in [-0.25, -0.2) is 4.39 Å². The van der Waals surface area contributed by atoms with Crippen LogP contribution in [0.4, 0.5) is 4.39 Å². The summed E-state index contributed by atoms with van der Waals surface area (Å²) in [5.74, 6) is -0.590. The molecule has 0 heterocycles. The molecule has 1 aromatic rings. The van der Waals surface area contributed by atoms with E-state index in [1.165, 1.54) is 6.07 Å². The molecule has 1 amide bonds. The molecule has 0 atom stereocenters. The fourth-order valence-corrected chi connectivity index (χ4v) is 2.53. The van der Waals surface area contributed by atoms with Gasteiger partial charge in [0.2, 0.25) is 5.91 Å². The summed E-state index contributed by atoms with van der Waals surface area (Å²) in [6.07, 6.45) is 3.65. The van der Waals surface area contributed by atoms with E-state index in [0.717, 1.165) is 25.7 Å². The van der Waals surface area contributed by atoms with Crippen LogP contribution in [0.1, 0.15) is 31.2 Å². The maximum Gasteiger partial charge on any atom is 0.225 e. The smallest absolute Gasteiger partial charge is 0.225 e. The van der Waals surface area contributed by atoms with Crippen LogP contribution in [0, 0.1) is 5.82 Å². The van der Waals surface area contributed by atoms with Gasteiger partial charge in [-0.1, -0.05) is 31.0 Å². The Balaban J connectivity index is 1.98. The minimum atomic E-state index is -0.484. The molecule has 2 N–H and O–H groups in total. The third-order valence-corrected chi connectivity index (χ3v) is 3.58. The van der Waals surface area contributed by atoms with Crippen molar-refractivity contribution in [2.45, 2.75) is 37.6 Å². The molecule has 0 aliphatic heterocycles. The fourth-order valence-electron chi connectivity index (χ4n) is 2.53. The SMILES string of the molecule is O=C(Cc1ccccc1F)NC1(CO)CCCC1. The maximum atomic E-state index is 13.4. The van der Waals surface area contributed by atoms with Crippen LogP contribution >= 0.6 is 0 Å². The van der Waals surface area contributed by atoms with Gasteiger partial charge in [0, 0.05) is 0 Å². The number of nitrogens with one attached hydrogen (secondary N) is 1. The Bertz CT molecular complexity index is 428. The molecule has 0 radical (unpaired) electrons. The molecule has 1 fully saturated rings. The molecule has 0 spiro atoms. The topological polar surface area (TPSA) is 49.3 Å². The van der Waals surface area contributed by atoms with E-state index < -0.39 is 5.54 Å². The van der Waals surface area contributed by atoms with E-state index >= 15 is 0 Å². The monoisotopic (exact) mass is 251 g/mol. The Hall–Kier alpha value is -1.42. The van der Waals surface area contributed by atoms with Gasteiger partial charge in [0.15, 0.2) is 0 Å². The molecule has 4 heteroatoms. The number of hydrogen-bond acceptors (Lipinski definition) is 2. The summed E-state index contributed by atoms with van der Waals surface area (Å²) in [6.45, 7) is -0.0456. The first kappa shape index (κ1) is 13.0. The van der Waals surface area contributed by atoms with Gasteiger partial charge in [0.25, 0.3) is 0 Å². The van der Waals surface area contributed by atoms with Crippen LogP contribution in [-0.4, -0.2) is 23.2 Å². The standard InChI is InChI=1S/C14H18FNO2/c15-12-6-2-1-5-11(12)9-13(18)16-14(10-17)7-3-4-8-14/h1-2,5-6,17H,3-4,7-10H2,(H,16,18). The van der Waals surface area contributed by atoms with Gasteiger partial charge in [0.1, 0.15) is 5.82 Å². The van der Waals surface area contributed by atoms with Crippen LogP contribution < -0.4 is 5.32 Å². The van der Waals surface area contributed by atoms with Gasteiger partial charge in [0.05, 0.1) is 18.6 Å². The van der Waals surface area contributed by atoms with Gasteiger partial charge < -0.3 is 10.4 Å². The molecule has 1 aliphatic rings. The average molecular weight is 251 g/mol. The highest BCUT2D eigenvalue weighted by atomic mass is 19.1. The van der Waals surface area contributed by atoms with E-state index in [0.29, 0.717) is 5.56 Å². The molecule has 1 aliphatic carbocycles. The van der Waals surface area contributed by atoms with Crippen molar-refractivity contribution in [1.29, 1.82) is 0 Å². The summed E-state index contributed by atoms with van der Waals surface area (Å²) >= 11 is 0. The van der Waals surface area contributed by atoms with E-state index in [1.807, 2.05) is 0 Å². The van der Waals surface area contributed by atoms with Crippen molar-refractivity contribution in [3.8, 4) is 0 Å². The van der Waals surface area contributed by atoms with E-state index in [4.69, 9.17) is 0 Å². The first-order valence-corrected chi connectivity index (χ1v) is 6.30. The van der Waals surface area contributed by atoms with Crippen LogP contribution in [0.3, 0.4) is 0 Å². The first-order chi connectivity index (χ1) is 8.65. The van der Waals surface area contributed by atoms with Gasteiger partial charge in [-0.2, -0.15) is 0 Å². The van der Waals surface area contributed by atoms with Gasteiger partial charge in [-0.05, 0) is 24.5 Å². The van der Waals surface area contributed by atoms with E-state index in [2.05, 4.69) is 5.32 Å². The summed E-state index contributed by atoms with van der Waals surface area (Å²) in [5.41, 5.74) is -0.0939. The number of amides is 1. The molecule has 1 aromatic carbocycles. The predicted molar refractivity (Wildman–Crippen MR) is 66.5 cm³/mol. The van der Waals surface area contributed by atoms with Gasteiger partial charge >= 0.3 is 0 Å². The number of rotatable bonds is 4. The van der Waals surface area contributed by atoms with Crippen LogP contribution in [0.15, 0.2) is 24.3 Å². The molecule has 3 nitrogen and oxygen atoms in total. The Morgan fingerprint density at radius 3 is 2.61 bits per heavy atom. The summed E-state index contributed by atoms with van der Waals surface area (Å²) in [4.78, 5) is 11.9. The molecular weight excluding hydrogens is 233 g/mol. The highest BCUT2D eigenvalue weighted by Crippen LogP contribution is 2.29. The largest absolute Gasteiger partial charge is 0.394 e. The summed E-state index contributed by atoms with van der Waals surface area (Å²) < 4.78 is 13.4. The predicted octanol–water partition coefficient (Wildman–Crippen LogP) is 1.79. The van der Waals surface area contributed by atoms with Crippen LogP contribution in [-0.2, 0) is 11.2 Å². The van der Waals surface area contributed by atoms with Crippen molar-refractivity contribution >= 4 is 5.91 Å². The molecule has 0 unspecified atom stereocenters. The van der Waals surface area contributed by atoms with Crippen LogP contribution in [0.25, 0.3) is 0 Å². The zero-order chi connectivity index (χ0) is 13.0. The summed E-state index contributed by atoms with van der Waals surface area (Å²) in [7, 11) is 0. The number of hydrogen-bond donors (Lipinski definition) is 2. The van der Waals surface area contributed by atoms with Crippen molar-refractivity contribution in [1.82, 2.24) is 5.32 Å². The maximum absolute atomic E-state index is 13.4. The lowest BCUT2D eigenvalue weighted by atomic mass is 9.98. The fraction of sp³-hybridized carbons (Fsp3) is 0.500. The Morgan fingerprint density at radius 1 is 1.33 bits per heavy atom. The summed E-state index contributed by atoms with van der Waals surface area (Å²) in [5, 5.41) is 12.3. The van der Waals surface area contributed by atoms with Gasteiger partial charge in [-0.3, -0.25) is 4.79 Å². The number of halogens is 1. The number of aliphatic hydroxyl groups is 1. The Labute approximate surface area is 106 Å². The zero-order valence-corrected chi connectivity index (χ0v) is 10.3. The quantitative estimate of drug-likeness (QED) is 0.857. The molecule has 18 heavy (non-hydrogen) atoms. The molecule has 0 bridgehead atoms. The number of carbonyl (C=O) groups is 1. The number of aliphatic hydroxyl groups excluding tert-OH is 1. The minimum absolute atomic E-state index is 0.0222. The second-order valence-electron chi connectivity index (χ2n) is 4.96. The number of carbonyl (C=O) groups excluding carboxylic acids is 1. The molecule has 1 saturated carbocycles. The Morgan fingerprint density at radius 2 is 2.00 bits per heavy atom. The third kappa shape index (κ3) is 2.88. The third-order valence-electron chi connectivity index (χ3n) is 3.58. The van der Waals surface area contributed by atoms with Crippen molar-refractivity contribution in [2.24, 2.45) is 0 Å². The highest BCUT2D eigenvalue weighted by molar-refractivity contribution is 5.79. The average Bonchev–Trinajstić information content (AvgIpc) is 2.81. The minimum Gasteiger partial charge on any atom is -0.394 e. The van der Waals surface area contributed by atoms with E-state index in [1.54, 1.807) is 18.2 Å². The second kappa shape index (κ2) is 5.48. The van der Waals surface area contributed by atoms with Crippen molar-refractivity contribution in [3.63, 3.8) is 0 Å². The van der Waals surface area contributed by atoms with Gasteiger partial charge in [-0.15, -0.1) is 0 Å². The molecular formula is C14H18FNO2. The van der Waals surface area contributed by atoms with Crippen LogP contribution in [0.5, 0.6) is 0 Å². The lowest BCUT2D eigenvalue weighted by Gasteiger charge is -2.28. The van der Waals surface area contributed by atoms with Crippen molar-refractivity contribution in [2.75, 3.05) is 6.61 Å². The second-order valence-corrected chi connectivity index (χ2v) is 4.96. The Kier molecular flexibility index (Phi) is 3.97. The molecule has 0 saturated heterocycles. The number of benzene rings is 1. The van der Waals surface area contributed by atoms with E-state index in [-0.39, 0.29) is 24.8 Å². The lowest BCUT2D eigenvalue weighted by molar-refractivity contribution is -0.123. The zero-order valence-electron chi connectivity index (χ0n) is 10.3. The highest BCUT2D eigenvalue weighted by Gasteiger charge is 2.34. The molecule has 98 valence electrons. The molecule has 0 aromatic heterocycles. The van der Waals surface area contributed by atoms with E-state index in [9.17, 15) is 14.3 Å². The summed E-state index contributed by atoms with van der Waals surface area (Å²) in [6, 6.07) is 6.27. The molecule has 2 rings (SSSR count).